The van der Waals surface area contributed by atoms with Crippen molar-refractivity contribution >= 4 is 25.6 Å². The van der Waals surface area contributed by atoms with Crippen LogP contribution in [0.4, 0.5) is 0 Å². The second kappa shape index (κ2) is 3.82. The summed E-state index contributed by atoms with van der Waals surface area (Å²) >= 11 is 2.32. The van der Waals surface area contributed by atoms with Crippen molar-refractivity contribution in [2.24, 2.45) is 0 Å². The summed E-state index contributed by atoms with van der Waals surface area (Å²) in [6.45, 7) is 14.2. The molecule has 0 nitrogen and oxygen atoms in total. The summed E-state index contributed by atoms with van der Waals surface area (Å²) in [5.74, 6) is 0. The van der Waals surface area contributed by atoms with Gasteiger partial charge in [0.1, 0.15) is 0 Å². The second-order valence-corrected chi connectivity index (χ2v) is 9.26. The molecular formula is C9H20LiP. The summed E-state index contributed by atoms with van der Waals surface area (Å²) in [6, 6.07) is 0. The minimum absolute atomic E-state index is 0.159. The Morgan fingerprint density at radius 1 is 0.909 bits per heavy atom. The number of hydrogen-bond donors (Lipinski definition) is 0. The molecule has 0 aliphatic heterocycles. The van der Waals surface area contributed by atoms with E-state index in [1.165, 1.54) is 4.83 Å². The van der Waals surface area contributed by atoms with Gasteiger partial charge in [0.25, 0.3) is 0 Å². The average molecular weight is 166 g/mol. The maximum absolute atomic E-state index is 2.37. The van der Waals surface area contributed by atoms with Gasteiger partial charge in [-0.1, -0.05) is 0 Å². The standard InChI is InChI=1S/C9H20P.Li/c1-8(2,3)10(7)9(4,5)6;/h7H2,1-6H3;. The van der Waals surface area contributed by atoms with Crippen LogP contribution in [0.5, 0.6) is 0 Å². The molecule has 0 fully saturated rings. The molecule has 2 heteroatoms. The molecule has 0 aliphatic rings. The Balaban J connectivity index is 4.43. The SMILES string of the molecule is [Li][CH2]P(C(C)(C)C)C(C)(C)C. The third kappa shape index (κ3) is 3.98. The third-order valence-corrected chi connectivity index (χ3v) is 5.81. The van der Waals surface area contributed by atoms with Crippen molar-refractivity contribution in [3.63, 3.8) is 0 Å². The van der Waals surface area contributed by atoms with Crippen LogP contribution in [-0.2, 0) is 0 Å². The summed E-state index contributed by atoms with van der Waals surface area (Å²) in [6.07, 6.45) is 0. The molecule has 0 radical (unpaired) electrons. The van der Waals surface area contributed by atoms with Crippen LogP contribution < -0.4 is 0 Å². The molecule has 0 aromatic heterocycles. The number of rotatable bonds is 1. The molecule has 62 valence electrons. The summed E-state index contributed by atoms with van der Waals surface area (Å²) in [4.78, 5) is 1.35. The predicted octanol–water partition coefficient (Wildman–Crippen LogP) is 3.19. The fourth-order valence-corrected chi connectivity index (χ4v) is 5.86. The van der Waals surface area contributed by atoms with Crippen LogP contribution in [0.3, 0.4) is 0 Å². The van der Waals surface area contributed by atoms with E-state index in [1.54, 1.807) is 0 Å². The molecule has 0 spiro atoms. The second-order valence-electron chi connectivity index (χ2n) is 5.09. The van der Waals surface area contributed by atoms with E-state index in [2.05, 4.69) is 59.3 Å². The van der Waals surface area contributed by atoms with Gasteiger partial charge in [0.2, 0.25) is 0 Å². The van der Waals surface area contributed by atoms with E-state index in [9.17, 15) is 0 Å². The first kappa shape index (κ1) is 12.0. The van der Waals surface area contributed by atoms with Crippen LogP contribution in [0, 0.1) is 0 Å². The molecule has 0 amide bonds. The van der Waals surface area contributed by atoms with Gasteiger partial charge >= 0.3 is 82.3 Å². The third-order valence-electron chi connectivity index (χ3n) is 1.94. The van der Waals surface area contributed by atoms with E-state index >= 15 is 0 Å². The summed E-state index contributed by atoms with van der Waals surface area (Å²) < 4.78 is 0. The molecule has 11 heavy (non-hydrogen) atoms. The van der Waals surface area contributed by atoms with Gasteiger partial charge in [0, 0.05) is 0 Å². The van der Waals surface area contributed by atoms with Gasteiger partial charge < -0.3 is 0 Å². The number of hydrogen-bond acceptors (Lipinski definition) is 0. The first-order valence-electron chi connectivity index (χ1n) is 4.47. The van der Waals surface area contributed by atoms with Crippen LogP contribution in [0.2, 0.25) is 0 Å². The summed E-state index contributed by atoms with van der Waals surface area (Å²) in [5.41, 5.74) is 0. The molecule has 0 unspecified atom stereocenters. The van der Waals surface area contributed by atoms with Crippen LogP contribution in [0.25, 0.3) is 0 Å². The quantitative estimate of drug-likeness (QED) is 0.414. The molecule has 0 aliphatic carbocycles. The van der Waals surface area contributed by atoms with Gasteiger partial charge in [-0.05, 0) is 0 Å². The zero-order chi connectivity index (χ0) is 9.28. The van der Waals surface area contributed by atoms with Crippen LogP contribution >= 0.6 is 7.92 Å². The van der Waals surface area contributed by atoms with E-state index in [0.717, 1.165) is 0 Å². The van der Waals surface area contributed by atoms with E-state index in [4.69, 9.17) is 0 Å². The van der Waals surface area contributed by atoms with Crippen molar-refractivity contribution in [3.05, 3.63) is 0 Å². The van der Waals surface area contributed by atoms with Gasteiger partial charge in [0.15, 0.2) is 0 Å². The van der Waals surface area contributed by atoms with Crippen molar-refractivity contribution in [3.8, 4) is 0 Å². The predicted molar refractivity (Wildman–Crippen MR) is 57.0 cm³/mol. The van der Waals surface area contributed by atoms with Crippen LogP contribution in [0.1, 0.15) is 41.5 Å². The van der Waals surface area contributed by atoms with Crippen molar-refractivity contribution in [2.75, 3.05) is 4.83 Å². The molecule has 0 saturated heterocycles. The van der Waals surface area contributed by atoms with Crippen LogP contribution in [-0.4, -0.2) is 32.9 Å². The van der Waals surface area contributed by atoms with Crippen molar-refractivity contribution in [1.82, 2.24) is 0 Å². The zero-order valence-electron chi connectivity index (χ0n) is 9.15. The molecule has 0 atom stereocenters. The zero-order valence-corrected chi connectivity index (χ0v) is 10.0. The van der Waals surface area contributed by atoms with Gasteiger partial charge in [-0.15, -0.1) is 0 Å². The Hall–Kier alpha value is 1.03. The molecule has 0 heterocycles. The van der Waals surface area contributed by atoms with Gasteiger partial charge in [-0.3, -0.25) is 0 Å². The topological polar surface area (TPSA) is 0 Å². The fraction of sp³-hybridized carbons (Fsp3) is 1.00. The first-order chi connectivity index (χ1) is 4.69. The van der Waals surface area contributed by atoms with Gasteiger partial charge in [-0.25, -0.2) is 0 Å². The summed E-state index contributed by atoms with van der Waals surface area (Å²) in [7, 11) is 0.159. The van der Waals surface area contributed by atoms with E-state index in [-0.39, 0.29) is 7.92 Å². The average Bonchev–Trinajstić information content (AvgIpc) is 1.56. The van der Waals surface area contributed by atoms with Gasteiger partial charge in [-0.2, -0.15) is 0 Å². The maximum atomic E-state index is 2.37. The molecule has 0 aromatic carbocycles. The van der Waals surface area contributed by atoms with Crippen molar-refractivity contribution in [1.29, 1.82) is 0 Å². The Kier molecular flexibility index (Phi) is 4.18. The van der Waals surface area contributed by atoms with E-state index in [0.29, 0.717) is 10.3 Å². The Morgan fingerprint density at radius 3 is 1.18 bits per heavy atom. The Bertz CT molecular complexity index is 105. The minimum atomic E-state index is 0.159. The molecule has 0 saturated carbocycles. The van der Waals surface area contributed by atoms with E-state index in [1.807, 2.05) is 0 Å². The summed E-state index contributed by atoms with van der Waals surface area (Å²) in [5, 5.41) is 1.03. The molecule has 0 aromatic rings. The fourth-order valence-electron chi connectivity index (χ4n) is 1.95. The monoisotopic (exact) mass is 166 g/mol. The van der Waals surface area contributed by atoms with Gasteiger partial charge in [0.05, 0.1) is 0 Å². The van der Waals surface area contributed by atoms with E-state index < -0.39 is 0 Å². The normalized spacial score (nSPS) is 14.3. The van der Waals surface area contributed by atoms with Crippen molar-refractivity contribution in [2.45, 2.75) is 51.9 Å². The van der Waals surface area contributed by atoms with Crippen molar-refractivity contribution < 1.29 is 0 Å². The Morgan fingerprint density at radius 2 is 1.18 bits per heavy atom. The molecule has 0 rings (SSSR count). The Labute approximate surface area is 82.5 Å². The molecule has 0 N–H and O–H groups in total. The molecular weight excluding hydrogens is 146 g/mol. The first-order valence-corrected chi connectivity index (χ1v) is 6.00. The van der Waals surface area contributed by atoms with Crippen LogP contribution in [0.15, 0.2) is 0 Å². The molecule has 0 bridgehead atoms.